The molecule has 4 atom stereocenters. The monoisotopic (exact) mass is 616 g/mol. The standard InChI is InChI=1S/C34H64O5S2/c1-3-5-7-9-11-13-15-17-19-21-23-25-31(40)38-29(27-35)34-33(36)30(28-37-34)39-32(41)26-24-22-20-18-16-14-12-10-8-6-4-2/h29-30,33-36H,3-28H2,1-2H3/t29-,30+,33+,34+/m0/s1. The summed E-state index contributed by atoms with van der Waals surface area (Å²) in [6, 6.07) is 0. The SMILES string of the molecule is CCCCCCCCCCCCCC(=S)O[C@@H](CO)[C@H]1OC[C@@H](OC(=S)CCCCCCCCCCCCC)[C@H]1O. The van der Waals surface area contributed by atoms with Gasteiger partial charge in [0.15, 0.2) is 22.3 Å². The Kier molecular flexibility index (Phi) is 25.7. The summed E-state index contributed by atoms with van der Waals surface area (Å²) < 4.78 is 17.5. The number of rotatable bonds is 28. The smallest absolute Gasteiger partial charge is 0.160 e. The van der Waals surface area contributed by atoms with Crippen molar-refractivity contribution in [2.24, 2.45) is 0 Å². The first-order valence-corrected chi connectivity index (χ1v) is 18.1. The van der Waals surface area contributed by atoms with Gasteiger partial charge in [-0.15, -0.1) is 0 Å². The van der Waals surface area contributed by atoms with E-state index in [9.17, 15) is 10.2 Å². The van der Waals surface area contributed by atoms with Gasteiger partial charge >= 0.3 is 0 Å². The molecular weight excluding hydrogens is 553 g/mol. The average molecular weight is 617 g/mol. The number of aliphatic hydroxyl groups excluding tert-OH is 2. The lowest BCUT2D eigenvalue weighted by Gasteiger charge is -2.26. The van der Waals surface area contributed by atoms with Crippen molar-refractivity contribution in [2.75, 3.05) is 13.2 Å². The van der Waals surface area contributed by atoms with Gasteiger partial charge in [-0.2, -0.15) is 0 Å². The number of hydrogen-bond donors (Lipinski definition) is 2. The highest BCUT2D eigenvalue weighted by Crippen LogP contribution is 2.24. The van der Waals surface area contributed by atoms with E-state index in [0.717, 1.165) is 32.1 Å². The molecular formula is C34H64O5S2. The molecule has 1 rings (SSSR count). The number of unbranched alkanes of at least 4 members (excludes halogenated alkanes) is 20. The van der Waals surface area contributed by atoms with Crippen molar-refractivity contribution in [2.45, 2.75) is 192 Å². The van der Waals surface area contributed by atoms with Crippen molar-refractivity contribution in [3.63, 3.8) is 0 Å². The van der Waals surface area contributed by atoms with Crippen molar-refractivity contribution in [1.82, 2.24) is 0 Å². The highest BCUT2D eigenvalue weighted by Gasteiger charge is 2.43. The molecule has 0 aromatic carbocycles. The van der Waals surface area contributed by atoms with Gasteiger partial charge in [0.05, 0.1) is 13.2 Å². The lowest BCUT2D eigenvalue weighted by Crippen LogP contribution is -2.43. The Morgan fingerprint density at radius 2 is 1.05 bits per heavy atom. The van der Waals surface area contributed by atoms with E-state index in [1.807, 2.05) is 0 Å². The topological polar surface area (TPSA) is 68.2 Å². The van der Waals surface area contributed by atoms with Crippen LogP contribution in [0.1, 0.15) is 168 Å². The van der Waals surface area contributed by atoms with Crippen LogP contribution in [0.25, 0.3) is 0 Å². The lowest BCUT2D eigenvalue weighted by molar-refractivity contribution is -0.0615. The third-order valence-electron chi connectivity index (χ3n) is 8.25. The van der Waals surface area contributed by atoms with Crippen LogP contribution >= 0.6 is 24.4 Å². The van der Waals surface area contributed by atoms with Crippen LogP contribution in [0.4, 0.5) is 0 Å². The first kappa shape index (κ1) is 38.7. The summed E-state index contributed by atoms with van der Waals surface area (Å²) >= 11 is 10.9. The number of aliphatic hydroxyl groups is 2. The Morgan fingerprint density at radius 3 is 1.46 bits per heavy atom. The van der Waals surface area contributed by atoms with Gasteiger partial charge in [-0.3, -0.25) is 0 Å². The van der Waals surface area contributed by atoms with Crippen LogP contribution in [0.2, 0.25) is 0 Å². The fourth-order valence-corrected chi connectivity index (χ4v) is 6.11. The van der Waals surface area contributed by atoms with Gasteiger partial charge in [-0.1, -0.05) is 142 Å². The van der Waals surface area contributed by atoms with Gasteiger partial charge < -0.3 is 24.4 Å². The Bertz CT molecular complexity index is 632. The van der Waals surface area contributed by atoms with Gasteiger partial charge in [-0.25, -0.2) is 0 Å². The van der Waals surface area contributed by atoms with Gasteiger partial charge in [-0.05, 0) is 37.3 Å². The molecule has 1 saturated heterocycles. The van der Waals surface area contributed by atoms with Crippen molar-refractivity contribution in [3.05, 3.63) is 0 Å². The van der Waals surface area contributed by atoms with Crippen LogP contribution in [0, 0.1) is 0 Å². The third kappa shape index (κ3) is 20.3. The summed E-state index contributed by atoms with van der Waals surface area (Å²) in [5.74, 6) is 0. The molecule has 0 aromatic heterocycles. The zero-order valence-electron chi connectivity index (χ0n) is 26.6. The predicted octanol–water partition coefficient (Wildman–Crippen LogP) is 9.57. The largest absolute Gasteiger partial charge is 0.479 e. The molecule has 0 aromatic rings. The van der Waals surface area contributed by atoms with E-state index >= 15 is 0 Å². The van der Waals surface area contributed by atoms with E-state index in [4.69, 9.17) is 38.6 Å². The molecule has 0 aliphatic carbocycles. The van der Waals surface area contributed by atoms with E-state index in [1.165, 1.54) is 116 Å². The van der Waals surface area contributed by atoms with Gasteiger partial charge in [0.25, 0.3) is 0 Å². The van der Waals surface area contributed by atoms with Crippen LogP contribution in [0.15, 0.2) is 0 Å². The second-order valence-electron chi connectivity index (χ2n) is 12.1. The van der Waals surface area contributed by atoms with E-state index < -0.39 is 24.4 Å². The maximum Gasteiger partial charge on any atom is 0.160 e. The highest BCUT2D eigenvalue weighted by molar-refractivity contribution is 7.80. The van der Waals surface area contributed by atoms with Gasteiger partial charge in [0.2, 0.25) is 0 Å². The minimum atomic E-state index is -0.910. The minimum Gasteiger partial charge on any atom is -0.479 e. The minimum absolute atomic E-state index is 0.232. The van der Waals surface area contributed by atoms with E-state index in [0.29, 0.717) is 16.5 Å². The van der Waals surface area contributed by atoms with Crippen molar-refractivity contribution >= 4 is 34.5 Å². The van der Waals surface area contributed by atoms with Crippen molar-refractivity contribution < 1.29 is 24.4 Å². The van der Waals surface area contributed by atoms with E-state index in [1.54, 1.807) is 0 Å². The molecule has 0 bridgehead atoms. The van der Waals surface area contributed by atoms with Crippen molar-refractivity contribution in [3.8, 4) is 0 Å². The second kappa shape index (κ2) is 27.2. The maximum atomic E-state index is 10.8. The molecule has 1 fully saturated rings. The highest BCUT2D eigenvalue weighted by atomic mass is 32.1. The third-order valence-corrected chi connectivity index (χ3v) is 8.85. The zero-order valence-corrected chi connectivity index (χ0v) is 28.3. The molecule has 1 heterocycles. The molecule has 5 nitrogen and oxygen atoms in total. The normalized spacial score (nSPS) is 19.4. The molecule has 0 saturated carbocycles. The molecule has 1 aliphatic rings. The Balaban J connectivity index is 2.11. The summed E-state index contributed by atoms with van der Waals surface area (Å²) in [7, 11) is 0. The quantitative estimate of drug-likeness (QED) is 0.0670. The predicted molar refractivity (Wildman–Crippen MR) is 180 cm³/mol. The molecule has 0 radical (unpaired) electrons. The first-order chi connectivity index (χ1) is 20.0. The van der Waals surface area contributed by atoms with Gasteiger partial charge in [0, 0.05) is 12.8 Å². The molecule has 2 N–H and O–H groups in total. The summed E-state index contributed by atoms with van der Waals surface area (Å²) in [6.07, 6.45) is 26.9. The fraction of sp³-hybridized carbons (Fsp3) is 0.941. The fourth-order valence-electron chi connectivity index (χ4n) is 5.58. The van der Waals surface area contributed by atoms with Crippen molar-refractivity contribution in [1.29, 1.82) is 0 Å². The maximum absolute atomic E-state index is 10.8. The zero-order chi connectivity index (χ0) is 30.0. The molecule has 0 unspecified atom stereocenters. The van der Waals surface area contributed by atoms with Gasteiger partial charge in [0.1, 0.15) is 12.2 Å². The Labute approximate surface area is 263 Å². The molecule has 41 heavy (non-hydrogen) atoms. The van der Waals surface area contributed by atoms with E-state index in [-0.39, 0.29) is 13.2 Å². The molecule has 0 spiro atoms. The Hall–Kier alpha value is -0.340. The van der Waals surface area contributed by atoms with Crippen LogP contribution in [0.5, 0.6) is 0 Å². The summed E-state index contributed by atoms with van der Waals surface area (Å²) in [4.78, 5) is 0. The Morgan fingerprint density at radius 1 is 0.659 bits per heavy atom. The molecule has 0 amide bonds. The second-order valence-corrected chi connectivity index (χ2v) is 13.0. The average Bonchev–Trinajstić information content (AvgIpc) is 3.32. The molecule has 1 aliphatic heterocycles. The van der Waals surface area contributed by atoms with Crippen LogP contribution in [-0.4, -0.2) is 57.9 Å². The first-order valence-electron chi connectivity index (χ1n) is 17.3. The molecule has 242 valence electrons. The summed E-state index contributed by atoms with van der Waals surface area (Å²) in [5.41, 5.74) is 0. The van der Waals surface area contributed by atoms with Crippen LogP contribution in [-0.2, 0) is 14.2 Å². The lowest BCUT2D eigenvalue weighted by atomic mass is 10.0. The molecule has 7 heteroatoms. The number of hydrogen-bond acceptors (Lipinski definition) is 7. The van der Waals surface area contributed by atoms with E-state index in [2.05, 4.69) is 13.8 Å². The number of ether oxygens (including phenoxy) is 3. The number of thiocarbonyl (C=S) groups is 2. The summed E-state index contributed by atoms with van der Waals surface area (Å²) in [5, 5.41) is 21.7. The summed E-state index contributed by atoms with van der Waals surface area (Å²) in [6.45, 7) is 4.48. The van der Waals surface area contributed by atoms with Crippen LogP contribution in [0.3, 0.4) is 0 Å². The van der Waals surface area contributed by atoms with Crippen LogP contribution < -0.4 is 0 Å².